The summed E-state index contributed by atoms with van der Waals surface area (Å²) >= 11 is 0. The number of hydrogen-bond donors (Lipinski definition) is 0. The molecule has 3 nitrogen and oxygen atoms in total. The molecule has 1 fully saturated rings. The van der Waals surface area contributed by atoms with Crippen LogP contribution in [0.1, 0.15) is 13.3 Å². The average Bonchev–Trinajstić information content (AvgIpc) is 2.60. The van der Waals surface area contributed by atoms with E-state index in [2.05, 4.69) is 21.7 Å². The quantitative estimate of drug-likeness (QED) is 0.415. The van der Waals surface area contributed by atoms with Crippen LogP contribution in [0.4, 0.5) is 0 Å². The molecule has 0 heterocycles. The van der Waals surface area contributed by atoms with Crippen molar-refractivity contribution in [3.63, 3.8) is 0 Å². The van der Waals surface area contributed by atoms with Gasteiger partial charge in [0.2, 0.25) is 0 Å². The average molecular weight is 297 g/mol. The molecule has 0 bridgehead atoms. The summed E-state index contributed by atoms with van der Waals surface area (Å²) in [7, 11) is 8.13. The highest BCUT2D eigenvalue weighted by Crippen LogP contribution is 2.33. The lowest BCUT2D eigenvalue weighted by Gasteiger charge is -2.22. The van der Waals surface area contributed by atoms with Crippen LogP contribution in [0.2, 0.25) is 0 Å². The third-order valence-electron chi connectivity index (χ3n) is 2.15. The lowest BCUT2D eigenvalue weighted by Crippen LogP contribution is -2.35. The zero-order chi connectivity index (χ0) is 9.30. The molecule has 1 aliphatic carbocycles. The summed E-state index contributed by atoms with van der Waals surface area (Å²) < 4.78 is 0. The number of nitrogens with zero attached hydrogens (tertiary/aromatic N) is 3. The molecule has 1 aliphatic rings. The summed E-state index contributed by atoms with van der Waals surface area (Å²) in [5.41, 5.74) is 0. The molecule has 0 saturated heterocycles. The minimum Gasteiger partial charge on any atom is -0.349 e. The Labute approximate surface area is 98.2 Å². The molecule has 0 aromatic rings. The first-order valence-electron chi connectivity index (χ1n) is 4.45. The molecule has 2 unspecified atom stereocenters. The second-order valence-corrected chi connectivity index (χ2v) is 4.00. The summed E-state index contributed by atoms with van der Waals surface area (Å²) in [6.45, 7) is 2.25. The lowest BCUT2D eigenvalue weighted by molar-refractivity contribution is 0.478. The van der Waals surface area contributed by atoms with E-state index >= 15 is 0 Å². The van der Waals surface area contributed by atoms with E-state index in [1.165, 1.54) is 6.42 Å². The maximum absolute atomic E-state index is 4.64. The van der Waals surface area contributed by atoms with E-state index in [0.29, 0.717) is 6.04 Å². The van der Waals surface area contributed by atoms with Crippen molar-refractivity contribution in [2.45, 2.75) is 19.4 Å². The van der Waals surface area contributed by atoms with Gasteiger partial charge in [0.15, 0.2) is 5.96 Å². The third-order valence-corrected chi connectivity index (χ3v) is 2.15. The van der Waals surface area contributed by atoms with Gasteiger partial charge in [-0.2, -0.15) is 0 Å². The predicted octanol–water partition coefficient (Wildman–Crippen LogP) is 1.49. The number of halogens is 1. The summed E-state index contributed by atoms with van der Waals surface area (Å²) in [6.07, 6.45) is 1.26. The van der Waals surface area contributed by atoms with Crippen molar-refractivity contribution in [3.05, 3.63) is 0 Å². The largest absolute Gasteiger partial charge is 0.349 e. The summed E-state index contributed by atoms with van der Waals surface area (Å²) in [5.74, 6) is 1.87. The fourth-order valence-electron chi connectivity index (χ4n) is 1.26. The van der Waals surface area contributed by atoms with Gasteiger partial charge in [-0.1, -0.05) is 6.92 Å². The van der Waals surface area contributed by atoms with Gasteiger partial charge in [-0.25, -0.2) is 4.99 Å². The van der Waals surface area contributed by atoms with E-state index in [9.17, 15) is 0 Å². The molecule has 0 aromatic carbocycles. The Balaban J connectivity index is 0.00000144. The van der Waals surface area contributed by atoms with Crippen molar-refractivity contribution in [3.8, 4) is 0 Å². The van der Waals surface area contributed by atoms with Crippen LogP contribution in [0.25, 0.3) is 0 Å². The first-order chi connectivity index (χ1) is 5.52. The van der Waals surface area contributed by atoms with Gasteiger partial charge in [0.05, 0.1) is 6.04 Å². The van der Waals surface area contributed by atoms with Crippen LogP contribution in [0, 0.1) is 5.92 Å². The van der Waals surface area contributed by atoms with Crippen LogP contribution in [-0.4, -0.2) is 50.0 Å². The Morgan fingerprint density at radius 1 is 1.15 bits per heavy atom. The number of aliphatic imine (C=N–C) groups is 1. The van der Waals surface area contributed by atoms with Crippen molar-refractivity contribution in [2.24, 2.45) is 10.9 Å². The Kier molecular flexibility index (Phi) is 5.02. The number of guanidine groups is 1. The van der Waals surface area contributed by atoms with E-state index in [1.807, 2.05) is 28.2 Å². The Bertz CT molecular complexity index is 179. The highest BCUT2D eigenvalue weighted by Gasteiger charge is 2.33. The first kappa shape index (κ1) is 13.0. The molecule has 0 N–H and O–H groups in total. The summed E-state index contributed by atoms with van der Waals surface area (Å²) in [4.78, 5) is 8.76. The van der Waals surface area contributed by atoms with Crippen molar-refractivity contribution in [1.29, 1.82) is 0 Å². The van der Waals surface area contributed by atoms with E-state index in [1.54, 1.807) is 0 Å². The fraction of sp³-hybridized carbons (Fsp3) is 0.889. The highest BCUT2D eigenvalue weighted by molar-refractivity contribution is 14.0. The maximum atomic E-state index is 4.64. The van der Waals surface area contributed by atoms with Crippen LogP contribution in [0.15, 0.2) is 4.99 Å². The molecule has 78 valence electrons. The van der Waals surface area contributed by atoms with Gasteiger partial charge >= 0.3 is 0 Å². The second kappa shape index (κ2) is 5.02. The Morgan fingerprint density at radius 2 is 1.54 bits per heavy atom. The molecule has 1 rings (SSSR count). The minimum absolute atomic E-state index is 0. The Hall–Kier alpha value is 0. The van der Waals surface area contributed by atoms with Gasteiger partial charge in [-0.05, 0) is 12.3 Å². The second-order valence-electron chi connectivity index (χ2n) is 4.00. The molecule has 2 atom stereocenters. The van der Waals surface area contributed by atoms with Crippen molar-refractivity contribution >= 4 is 29.9 Å². The van der Waals surface area contributed by atoms with Crippen molar-refractivity contribution in [1.82, 2.24) is 9.80 Å². The van der Waals surface area contributed by atoms with Crippen molar-refractivity contribution < 1.29 is 0 Å². The molecule has 0 spiro atoms. The zero-order valence-electron chi connectivity index (χ0n) is 9.11. The van der Waals surface area contributed by atoms with Crippen LogP contribution in [-0.2, 0) is 0 Å². The number of rotatable bonds is 1. The van der Waals surface area contributed by atoms with E-state index in [-0.39, 0.29) is 24.0 Å². The van der Waals surface area contributed by atoms with Crippen LogP contribution >= 0.6 is 24.0 Å². The lowest BCUT2D eigenvalue weighted by atomic mass is 10.5. The van der Waals surface area contributed by atoms with E-state index in [0.717, 1.165) is 11.9 Å². The fourth-order valence-corrected chi connectivity index (χ4v) is 1.26. The molecule has 1 saturated carbocycles. The van der Waals surface area contributed by atoms with Crippen LogP contribution in [0.3, 0.4) is 0 Å². The molecule has 13 heavy (non-hydrogen) atoms. The molecule has 4 heteroatoms. The predicted molar refractivity (Wildman–Crippen MR) is 67.8 cm³/mol. The minimum atomic E-state index is 0. The van der Waals surface area contributed by atoms with Gasteiger partial charge in [0.25, 0.3) is 0 Å². The summed E-state index contributed by atoms with van der Waals surface area (Å²) in [5, 5.41) is 0. The van der Waals surface area contributed by atoms with Gasteiger partial charge in [-0.3, -0.25) is 0 Å². The number of hydrogen-bond acceptors (Lipinski definition) is 1. The van der Waals surface area contributed by atoms with Crippen LogP contribution < -0.4 is 0 Å². The van der Waals surface area contributed by atoms with E-state index < -0.39 is 0 Å². The van der Waals surface area contributed by atoms with Gasteiger partial charge in [0.1, 0.15) is 0 Å². The maximum Gasteiger partial charge on any atom is 0.195 e. The first-order valence-corrected chi connectivity index (χ1v) is 4.45. The summed E-state index contributed by atoms with van der Waals surface area (Å²) in [6, 6.07) is 0.574. The molecular weight excluding hydrogens is 277 g/mol. The molecule has 0 amide bonds. The monoisotopic (exact) mass is 297 g/mol. The Morgan fingerprint density at radius 3 is 1.77 bits per heavy atom. The standard InChI is InChI=1S/C9H19N3.HI/c1-7-6-8(7)10-9(11(2)3)12(4)5;/h7-8H,6H2,1-5H3;1H. The smallest absolute Gasteiger partial charge is 0.195 e. The molecular formula is C9H20IN3. The normalized spacial score (nSPS) is 24.4. The molecule has 0 radical (unpaired) electrons. The van der Waals surface area contributed by atoms with Gasteiger partial charge < -0.3 is 9.80 Å². The zero-order valence-corrected chi connectivity index (χ0v) is 11.4. The van der Waals surface area contributed by atoms with Crippen molar-refractivity contribution in [2.75, 3.05) is 28.2 Å². The third kappa shape index (κ3) is 3.70. The SMILES string of the molecule is CC1CC1N=C(N(C)C)N(C)C.I. The molecule has 0 aromatic heterocycles. The van der Waals surface area contributed by atoms with Gasteiger partial charge in [-0.15, -0.1) is 24.0 Å². The van der Waals surface area contributed by atoms with E-state index in [4.69, 9.17) is 0 Å². The van der Waals surface area contributed by atoms with Crippen LogP contribution in [0.5, 0.6) is 0 Å². The topological polar surface area (TPSA) is 18.8 Å². The molecule has 0 aliphatic heterocycles. The highest BCUT2D eigenvalue weighted by atomic mass is 127. The van der Waals surface area contributed by atoms with Gasteiger partial charge in [0, 0.05) is 28.2 Å².